The van der Waals surface area contributed by atoms with Gasteiger partial charge in [0.2, 0.25) is 0 Å². The zero-order chi connectivity index (χ0) is 11.8. The molecule has 4 heteroatoms. The molecule has 2 amide bonds. The summed E-state index contributed by atoms with van der Waals surface area (Å²) in [5.74, 6) is 0. The summed E-state index contributed by atoms with van der Waals surface area (Å²) in [6.45, 7) is 2.41. The molecule has 16 heavy (non-hydrogen) atoms. The van der Waals surface area contributed by atoms with Gasteiger partial charge >= 0.3 is 6.03 Å². The van der Waals surface area contributed by atoms with Gasteiger partial charge in [0.25, 0.3) is 0 Å². The molecule has 1 rings (SSSR count). The topological polar surface area (TPSA) is 61.4 Å². The molecule has 0 radical (unpaired) electrons. The van der Waals surface area contributed by atoms with Crippen LogP contribution in [-0.4, -0.2) is 29.8 Å². The Morgan fingerprint density at radius 3 is 2.69 bits per heavy atom. The largest absolute Gasteiger partial charge is 0.393 e. The minimum atomic E-state index is -0.275. The molecule has 1 fully saturated rings. The van der Waals surface area contributed by atoms with Gasteiger partial charge in [-0.25, -0.2) is 4.79 Å². The standard InChI is InChI=1S/C12H24N2O2/c1-10(15)6-5-9-13-12(16)14-11-7-3-2-4-8-11/h10-11,15H,2-9H2,1H3,(H2,13,14,16). The second-order valence-electron chi connectivity index (χ2n) is 4.73. The monoisotopic (exact) mass is 228 g/mol. The van der Waals surface area contributed by atoms with E-state index in [0.29, 0.717) is 12.6 Å². The number of hydrogen-bond acceptors (Lipinski definition) is 2. The van der Waals surface area contributed by atoms with Crippen molar-refractivity contribution >= 4 is 6.03 Å². The molecule has 0 bridgehead atoms. The van der Waals surface area contributed by atoms with Crippen LogP contribution in [-0.2, 0) is 0 Å². The SMILES string of the molecule is CC(O)CCCNC(=O)NC1CCCCC1. The van der Waals surface area contributed by atoms with Crippen molar-refractivity contribution in [2.75, 3.05) is 6.54 Å². The van der Waals surface area contributed by atoms with E-state index in [4.69, 9.17) is 5.11 Å². The van der Waals surface area contributed by atoms with Crippen LogP contribution in [0.15, 0.2) is 0 Å². The maximum absolute atomic E-state index is 11.5. The van der Waals surface area contributed by atoms with Gasteiger partial charge in [-0.2, -0.15) is 0 Å². The van der Waals surface area contributed by atoms with E-state index in [1.54, 1.807) is 6.92 Å². The molecule has 1 saturated carbocycles. The Bertz CT molecular complexity index is 201. The summed E-state index contributed by atoms with van der Waals surface area (Å²) in [6.07, 6.45) is 7.28. The minimum absolute atomic E-state index is 0.0579. The summed E-state index contributed by atoms with van der Waals surface area (Å²) in [5, 5.41) is 14.9. The molecular weight excluding hydrogens is 204 g/mol. The van der Waals surface area contributed by atoms with Crippen molar-refractivity contribution < 1.29 is 9.90 Å². The number of urea groups is 1. The number of carbonyl (C=O) groups is 1. The number of rotatable bonds is 5. The van der Waals surface area contributed by atoms with Crippen LogP contribution in [0.4, 0.5) is 4.79 Å². The van der Waals surface area contributed by atoms with Crippen LogP contribution in [0.25, 0.3) is 0 Å². The number of aliphatic hydroxyl groups excluding tert-OH is 1. The molecule has 3 N–H and O–H groups in total. The fraction of sp³-hybridized carbons (Fsp3) is 0.917. The predicted octanol–water partition coefficient (Wildman–Crippen LogP) is 1.78. The number of nitrogens with one attached hydrogen (secondary N) is 2. The van der Waals surface area contributed by atoms with Gasteiger partial charge in [-0.05, 0) is 32.6 Å². The van der Waals surface area contributed by atoms with E-state index in [1.807, 2.05) is 0 Å². The molecule has 0 heterocycles. The Labute approximate surface area is 97.8 Å². The lowest BCUT2D eigenvalue weighted by Gasteiger charge is -2.22. The van der Waals surface area contributed by atoms with Crippen molar-refractivity contribution in [3.05, 3.63) is 0 Å². The summed E-state index contributed by atoms with van der Waals surface area (Å²) >= 11 is 0. The molecule has 1 aliphatic rings. The molecule has 0 spiro atoms. The summed E-state index contributed by atoms with van der Waals surface area (Å²) in [6, 6.07) is 0.308. The van der Waals surface area contributed by atoms with Crippen molar-refractivity contribution in [2.45, 2.75) is 64.0 Å². The Hall–Kier alpha value is -0.770. The van der Waals surface area contributed by atoms with Crippen molar-refractivity contribution in [3.8, 4) is 0 Å². The fourth-order valence-electron chi connectivity index (χ4n) is 2.08. The molecule has 0 aromatic carbocycles. The lowest BCUT2D eigenvalue weighted by atomic mass is 9.96. The van der Waals surface area contributed by atoms with E-state index in [1.165, 1.54) is 19.3 Å². The first-order valence-electron chi connectivity index (χ1n) is 6.41. The van der Waals surface area contributed by atoms with E-state index < -0.39 is 0 Å². The maximum atomic E-state index is 11.5. The summed E-state index contributed by atoms with van der Waals surface area (Å²) in [4.78, 5) is 11.5. The van der Waals surface area contributed by atoms with Crippen molar-refractivity contribution in [2.24, 2.45) is 0 Å². The van der Waals surface area contributed by atoms with Crippen molar-refractivity contribution in [3.63, 3.8) is 0 Å². The zero-order valence-electron chi connectivity index (χ0n) is 10.2. The van der Waals surface area contributed by atoms with Gasteiger partial charge in [0.05, 0.1) is 6.10 Å². The highest BCUT2D eigenvalue weighted by Crippen LogP contribution is 2.17. The number of carbonyl (C=O) groups excluding carboxylic acids is 1. The van der Waals surface area contributed by atoms with Crippen LogP contribution in [0.2, 0.25) is 0 Å². The Morgan fingerprint density at radius 2 is 2.06 bits per heavy atom. The quantitative estimate of drug-likeness (QED) is 0.628. The van der Waals surface area contributed by atoms with Gasteiger partial charge in [0, 0.05) is 12.6 Å². The molecule has 94 valence electrons. The smallest absolute Gasteiger partial charge is 0.315 e. The van der Waals surface area contributed by atoms with Gasteiger partial charge in [0.15, 0.2) is 0 Å². The van der Waals surface area contributed by atoms with Gasteiger partial charge in [0.1, 0.15) is 0 Å². The highest BCUT2D eigenvalue weighted by atomic mass is 16.3. The van der Waals surface area contributed by atoms with Crippen LogP contribution >= 0.6 is 0 Å². The van der Waals surface area contributed by atoms with Crippen molar-refractivity contribution in [1.82, 2.24) is 10.6 Å². The number of hydrogen-bond donors (Lipinski definition) is 3. The van der Waals surface area contributed by atoms with Crippen LogP contribution in [0.1, 0.15) is 51.9 Å². The molecular formula is C12H24N2O2. The molecule has 0 aromatic rings. The normalized spacial score (nSPS) is 19.1. The summed E-state index contributed by atoms with van der Waals surface area (Å²) < 4.78 is 0. The van der Waals surface area contributed by atoms with Crippen LogP contribution in [0, 0.1) is 0 Å². The van der Waals surface area contributed by atoms with E-state index in [2.05, 4.69) is 10.6 Å². The Balaban J connectivity index is 2.01. The van der Waals surface area contributed by atoms with Gasteiger partial charge in [-0.15, -0.1) is 0 Å². The van der Waals surface area contributed by atoms with Gasteiger partial charge < -0.3 is 15.7 Å². The van der Waals surface area contributed by atoms with E-state index in [-0.39, 0.29) is 12.1 Å². The summed E-state index contributed by atoms with van der Waals surface area (Å²) in [5.41, 5.74) is 0. The lowest BCUT2D eigenvalue weighted by molar-refractivity contribution is 0.181. The van der Waals surface area contributed by atoms with Crippen molar-refractivity contribution in [1.29, 1.82) is 0 Å². The lowest BCUT2D eigenvalue weighted by Crippen LogP contribution is -2.43. The third kappa shape index (κ3) is 5.95. The fourth-order valence-corrected chi connectivity index (χ4v) is 2.08. The van der Waals surface area contributed by atoms with Crippen LogP contribution < -0.4 is 10.6 Å². The van der Waals surface area contributed by atoms with E-state index in [0.717, 1.165) is 25.7 Å². The molecule has 0 aromatic heterocycles. The Morgan fingerprint density at radius 1 is 1.38 bits per heavy atom. The van der Waals surface area contributed by atoms with E-state index >= 15 is 0 Å². The number of amides is 2. The number of aliphatic hydroxyl groups is 1. The highest BCUT2D eigenvalue weighted by molar-refractivity contribution is 5.74. The molecule has 0 aliphatic heterocycles. The van der Waals surface area contributed by atoms with Crippen LogP contribution in [0.5, 0.6) is 0 Å². The molecule has 1 aliphatic carbocycles. The summed E-state index contributed by atoms with van der Waals surface area (Å²) in [7, 11) is 0. The average molecular weight is 228 g/mol. The molecule has 1 atom stereocenters. The molecule has 1 unspecified atom stereocenters. The molecule has 0 saturated heterocycles. The first-order chi connectivity index (χ1) is 7.68. The highest BCUT2D eigenvalue weighted by Gasteiger charge is 2.14. The minimum Gasteiger partial charge on any atom is -0.393 e. The second kappa shape index (κ2) is 7.49. The van der Waals surface area contributed by atoms with Crippen LogP contribution in [0.3, 0.4) is 0 Å². The first kappa shape index (κ1) is 13.3. The average Bonchev–Trinajstić information content (AvgIpc) is 2.25. The third-order valence-electron chi connectivity index (χ3n) is 3.02. The van der Waals surface area contributed by atoms with Gasteiger partial charge in [-0.3, -0.25) is 0 Å². The zero-order valence-corrected chi connectivity index (χ0v) is 10.2. The van der Waals surface area contributed by atoms with E-state index in [9.17, 15) is 4.79 Å². The molecule has 4 nitrogen and oxygen atoms in total. The third-order valence-corrected chi connectivity index (χ3v) is 3.02. The second-order valence-corrected chi connectivity index (χ2v) is 4.73. The van der Waals surface area contributed by atoms with Gasteiger partial charge in [-0.1, -0.05) is 19.3 Å². The maximum Gasteiger partial charge on any atom is 0.315 e. The predicted molar refractivity (Wildman–Crippen MR) is 64.3 cm³/mol. The Kier molecular flexibility index (Phi) is 6.23. The first-order valence-corrected chi connectivity index (χ1v) is 6.41.